The fourth-order valence-electron chi connectivity index (χ4n) is 4.42. The van der Waals surface area contributed by atoms with E-state index in [1.54, 1.807) is 63.5 Å². The van der Waals surface area contributed by atoms with Crippen LogP contribution in [0.15, 0.2) is 47.4 Å². The fraction of sp³-hybridized carbons (Fsp3) is 0.520. The van der Waals surface area contributed by atoms with Crippen molar-refractivity contribution >= 4 is 19.5 Å². The number of nitrogens with zero attached hydrogens (tertiary/aromatic N) is 3. The highest BCUT2D eigenvalue weighted by molar-refractivity contribution is 7.52. The number of esters is 1. The van der Waals surface area contributed by atoms with E-state index in [-0.39, 0.29) is 11.6 Å². The predicted molar refractivity (Wildman–Crippen MR) is 141 cm³/mol. The molecule has 41 heavy (non-hydrogen) atoms. The molecule has 6 unspecified atom stereocenters. The number of nitriles is 1. The van der Waals surface area contributed by atoms with Crippen molar-refractivity contribution < 1.29 is 42.6 Å². The molecule has 0 amide bonds. The molecule has 2 saturated heterocycles. The Labute approximate surface area is 235 Å². The first-order valence-electron chi connectivity index (χ1n) is 12.7. The molecular formula is C25H32N5O10P. The van der Waals surface area contributed by atoms with Crippen LogP contribution < -0.4 is 20.8 Å². The lowest BCUT2D eigenvalue weighted by Crippen LogP contribution is -2.49. The van der Waals surface area contributed by atoms with Crippen molar-refractivity contribution in [1.29, 1.82) is 5.26 Å². The fourth-order valence-corrected chi connectivity index (χ4v) is 5.92. The lowest BCUT2D eigenvalue weighted by atomic mass is 10.0. The minimum absolute atomic E-state index is 0.145. The molecule has 0 bridgehead atoms. The van der Waals surface area contributed by atoms with Gasteiger partial charge in [0.05, 0.1) is 12.7 Å². The number of anilines is 1. The predicted octanol–water partition coefficient (Wildman–Crippen LogP) is 2.27. The van der Waals surface area contributed by atoms with Crippen molar-refractivity contribution in [1.82, 2.24) is 14.6 Å². The van der Waals surface area contributed by atoms with Crippen LogP contribution in [-0.4, -0.2) is 63.6 Å². The van der Waals surface area contributed by atoms with Crippen molar-refractivity contribution in [2.24, 2.45) is 0 Å². The third kappa shape index (κ3) is 6.60. The van der Waals surface area contributed by atoms with E-state index in [4.69, 9.17) is 33.2 Å². The second kappa shape index (κ2) is 11.9. The highest BCUT2D eigenvalue weighted by Gasteiger charge is 2.65. The van der Waals surface area contributed by atoms with E-state index in [9.17, 15) is 19.4 Å². The zero-order chi connectivity index (χ0) is 30.0. The maximum atomic E-state index is 13.9. The van der Waals surface area contributed by atoms with Gasteiger partial charge in [0.15, 0.2) is 17.7 Å². The number of aromatic nitrogens is 2. The number of carbonyl (C=O) groups is 1. The van der Waals surface area contributed by atoms with Crippen LogP contribution in [0.2, 0.25) is 0 Å². The number of para-hydroxylation sites is 1. The van der Waals surface area contributed by atoms with Gasteiger partial charge in [0.1, 0.15) is 30.1 Å². The summed E-state index contributed by atoms with van der Waals surface area (Å²) in [5.41, 5.74) is -1.21. The SMILES string of the molecule is CC(C)OC(=O)C(C)NP(=O)(OCC1OC(C#N)(n2ccc(NO)nc2=O)C2OC(C)(C)OC12)Oc1ccccc1. The first-order valence-corrected chi connectivity index (χ1v) is 14.3. The van der Waals surface area contributed by atoms with Crippen molar-refractivity contribution in [2.45, 2.75) is 76.6 Å². The monoisotopic (exact) mass is 593 g/mol. The number of benzene rings is 1. The van der Waals surface area contributed by atoms with Crippen LogP contribution in [0.25, 0.3) is 0 Å². The second-order valence-corrected chi connectivity index (χ2v) is 11.8. The molecule has 1 aromatic carbocycles. The molecule has 6 atom stereocenters. The lowest BCUT2D eigenvalue weighted by Gasteiger charge is -2.30. The van der Waals surface area contributed by atoms with Crippen molar-refractivity contribution in [3.8, 4) is 11.8 Å². The molecule has 2 fully saturated rings. The van der Waals surface area contributed by atoms with E-state index >= 15 is 0 Å². The number of hydrogen-bond donors (Lipinski definition) is 3. The van der Waals surface area contributed by atoms with Gasteiger partial charge in [-0.1, -0.05) is 18.2 Å². The maximum absolute atomic E-state index is 13.9. The number of ether oxygens (including phenoxy) is 4. The molecule has 0 radical (unpaired) electrons. The molecule has 0 spiro atoms. The van der Waals surface area contributed by atoms with Crippen molar-refractivity contribution in [3.63, 3.8) is 0 Å². The molecule has 4 rings (SSSR count). The first-order chi connectivity index (χ1) is 19.3. The molecule has 0 saturated carbocycles. The van der Waals surface area contributed by atoms with E-state index < -0.39 is 68.0 Å². The van der Waals surface area contributed by atoms with Crippen LogP contribution in [0.3, 0.4) is 0 Å². The molecule has 222 valence electrons. The van der Waals surface area contributed by atoms with Crippen molar-refractivity contribution in [2.75, 3.05) is 12.1 Å². The molecule has 2 aromatic rings. The number of carbonyl (C=O) groups excluding carboxylic acids is 1. The molecular weight excluding hydrogens is 561 g/mol. The van der Waals surface area contributed by atoms with Crippen LogP contribution in [-0.2, 0) is 38.6 Å². The van der Waals surface area contributed by atoms with Gasteiger partial charge in [-0.15, -0.1) is 0 Å². The van der Waals surface area contributed by atoms with Crippen LogP contribution >= 0.6 is 7.75 Å². The molecule has 3 heterocycles. The van der Waals surface area contributed by atoms with Crippen LogP contribution in [0, 0.1) is 11.3 Å². The van der Waals surface area contributed by atoms with Gasteiger partial charge < -0.3 is 23.5 Å². The van der Waals surface area contributed by atoms with E-state index in [0.717, 1.165) is 4.57 Å². The number of hydrogen-bond acceptors (Lipinski definition) is 13. The summed E-state index contributed by atoms with van der Waals surface area (Å²) >= 11 is 0. The van der Waals surface area contributed by atoms with Gasteiger partial charge in [0.2, 0.25) is 0 Å². The Bertz CT molecular complexity index is 1400. The Hall–Kier alpha value is -3.35. The van der Waals surface area contributed by atoms with Gasteiger partial charge in [-0.25, -0.2) is 9.36 Å². The first kappa shape index (κ1) is 30.6. The average Bonchev–Trinajstić information content (AvgIpc) is 3.38. The zero-order valence-corrected chi connectivity index (χ0v) is 23.9. The molecule has 3 N–H and O–H groups in total. The van der Waals surface area contributed by atoms with Gasteiger partial charge in [0, 0.05) is 6.20 Å². The average molecular weight is 594 g/mol. The summed E-state index contributed by atoms with van der Waals surface area (Å²) in [6.07, 6.45) is -2.39. The van der Waals surface area contributed by atoms with Gasteiger partial charge >= 0.3 is 19.4 Å². The lowest BCUT2D eigenvalue weighted by molar-refractivity contribution is -0.218. The molecule has 1 aromatic heterocycles. The van der Waals surface area contributed by atoms with Gasteiger partial charge in [0.25, 0.3) is 5.72 Å². The molecule has 16 heteroatoms. The minimum Gasteiger partial charge on any atom is -0.462 e. The van der Waals surface area contributed by atoms with Crippen LogP contribution in [0.4, 0.5) is 5.82 Å². The standard InChI is InChI=1S/C25H32N5O10P/c1-15(2)36-22(31)16(3)29-41(34,40-17-9-7-6-8-10-17)35-13-18-20-21(39-24(4,5)38-20)25(14-26,37-18)30-12-11-19(28-33)27-23(30)32/h6-12,15-16,18,20-21,33H,13H2,1-5H3,(H,29,34)(H,27,28,32). The highest BCUT2D eigenvalue weighted by atomic mass is 31.2. The molecule has 2 aliphatic heterocycles. The summed E-state index contributed by atoms with van der Waals surface area (Å²) in [5.74, 6) is -1.81. The Kier molecular flexibility index (Phi) is 8.86. The number of fused-ring (bicyclic) bond motifs is 1. The zero-order valence-electron chi connectivity index (χ0n) is 23.0. The van der Waals surface area contributed by atoms with Gasteiger partial charge in [-0.05, 0) is 52.8 Å². The van der Waals surface area contributed by atoms with Gasteiger partial charge in [-0.2, -0.15) is 15.3 Å². The van der Waals surface area contributed by atoms with E-state index in [1.165, 1.54) is 19.2 Å². The number of rotatable bonds is 11. The Morgan fingerprint density at radius 2 is 1.93 bits per heavy atom. The highest BCUT2D eigenvalue weighted by Crippen LogP contribution is 2.49. The van der Waals surface area contributed by atoms with Gasteiger partial charge in [-0.3, -0.25) is 24.6 Å². The maximum Gasteiger partial charge on any atom is 0.459 e. The topological polar surface area (TPSA) is 192 Å². The summed E-state index contributed by atoms with van der Waals surface area (Å²) in [6.45, 7) is 7.58. The van der Waals surface area contributed by atoms with E-state index in [2.05, 4.69) is 10.1 Å². The van der Waals surface area contributed by atoms with Crippen LogP contribution in [0.1, 0.15) is 34.6 Å². The normalized spacial score (nSPS) is 26.9. The summed E-state index contributed by atoms with van der Waals surface area (Å²) in [5, 5.41) is 22.0. The van der Waals surface area contributed by atoms with E-state index in [1.807, 2.05) is 6.07 Å². The largest absolute Gasteiger partial charge is 0.462 e. The quantitative estimate of drug-likeness (QED) is 0.195. The summed E-state index contributed by atoms with van der Waals surface area (Å²) in [6, 6.07) is 10.3. The van der Waals surface area contributed by atoms with E-state index in [0.29, 0.717) is 0 Å². The Morgan fingerprint density at radius 1 is 1.22 bits per heavy atom. The molecule has 2 aliphatic rings. The third-order valence-corrected chi connectivity index (χ3v) is 7.73. The summed E-state index contributed by atoms with van der Waals surface area (Å²) < 4.78 is 49.5. The Morgan fingerprint density at radius 3 is 2.54 bits per heavy atom. The molecule has 15 nitrogen and oxygen atoms in total. The van der Waals surface area contributed by atoms with Crippen molar-refractivity contribution in [3.05, 3.63) is 53.1 Å². The summed E-state index contributed by atoms with van der Waals surface area (Å²) in [7, 11) is -4.29. The smallest absolute Gasteiger partial charge is 0.459 e. The Balaban J connectivity index is 1.63. The minimum atomic E-state index is -4.29. The van der Waals surface area contributed by atoms with Crippen LogP contribution in [0.5, 0.6) is 5.75 Å². The third-order valence-electron chi connectivity index (χ3n) is 6.08. The summed E-state index contributed by atoms with van der Waals surface area (Å²) in [4.78, 5) is 28.9. The number of nitrogens with one attached hydrogen (secondary N) is 2. The second-order valence-electron chi connectivity index (χ2n) is 10.1. The molecule has 0 aliphatic carbocycles.